The first-order valence-corrected chi connectivity index (χ1v) is 7.96. The number of halogens is 2. The van der Waals surface area contributed by atoms with Gasteiger partial charge in [-0.1, -0.05) is 48.2 Å². The molecule has 1 aromatic rings. The lowest BCUT2D eigenvalue weighted by Crippen LogP contribution is -2.44. The van der Waals surface area contributed by atoms with Gasteiger partial charge >= 0.3 is 0 Å². The molecule has 0 amide bonds. The third kappa shape index (κ3) is 3.57. The van der Waals surface area contributed by atoms with Crippen LogP contribution in [0.2, 0.25) is 0 Å². The van der Waals surface area contributed by atoms with Gasteiger partial charge in [-0.3, -0.25) is 0 Å². The van der Waals surface area contributed by atoms with Gasteiger partial charge in [-0.15, -0.1) is 0 Å². The van der Waals surface area contributed by atoms with Crippen LogP contribution in [0.15, 0.2) is 22.7 Å². The zero-order valence-electron chi connectivity index (χ0n) is 11.8. The molecule has 1 N–H and O–H groups in total. The Morgan fingerprint density at radius 2 is 2.00 bits per heavy atom. The van der Waals surface area contributed by atoms with Crippen LogP contribution in [0.4, 0.5) is 4.39 Å². The van der Waals surface area contributed by atoms with Crippen molar-refractivity contribution in [1.29, 1.82) is 0 Å². The molecule has 1 unspecified atom stereocenters. The Balaban J connectivity index is 2.14. The smallest absolute Gasteiger partial charge is 0.127 e. The van der Waals surface area contributed by atoms with Crippen LogP contribution in [0, 0.1) is 11.2 Å². The van der Waals surface area contributed by atoms with Gasteiger partial charge in [-0.25, -0.2) is 4.39 Å². The summed E-state index contributed by atoms with van der Waals surface area (Å²) in [6, 6.07) is 5.73. The van der Waals surface area contributed by atoms with Gasteiger partial charge < -0.3 is 5.32 Å². The highest BCUT2D eigenvalue weighted by molar-refractivity contribution is 9.10. The lowest BCUT2D eigenvalue weighted by molar-refractivity contribution is 0.148. The van der Waals surface area contributed by atoms with Crippen molar-refractivity contribution in [3.8, 4) is 0 Å². The third-order valence-electron chi connectivity index (χ3n) is 4.62. The fourth-order valence-electron chi connectivity index (χ4n) is 3.31. The van der Waals surface area contributed by atoms with Crippen LogP contribution in [0.25, 0.3) is 0 Å². The topological polar surface area (TPSA) is 12.0 Å². The molecular weight excluding hydrogens is 305 g/mol. The van der Waals surface area contributed by atoms with Crippen LogP contribution in [-0.4, -0.2) is 13.1 Å². The van der Waals surface area contributed by atoms with Crippen molar-refractivity contribution >= 4 is 15.9 Å². The quantitative estimate of drug-likeness (QED) is 0.845. The molecule has 2 rings (SSSR count). The molecular formula is C16H23BrFN. The molecule has 1 saturated carbocycles. The molecule has 106 valence electrons. The summed E-state index contributed by atoms with van der Waals surface area (Å²) in [5, 5.41) is 3.42. The summed E-state index contributed by atoms with van der Waals surface area (Å²) in [4.78, 5) is 0. The van der Waals surface area contributed by atoms with Crippen molar-refractivity contribution in [2.45, 2.75) is 51.5 Å². The number of hydrogen-bond donors (Lipinski definition) is 1. The van der Waals surface area contributed by atoms with E-state index in [0.717, 1.165) is 16.5 Å². The molecule has 0 saturated heterocycles. The molecule has 1 aromatic carbocycles. The van der Waals surface area contributed by atoms with Gasteiger partial charge in [-0.2, -0.15) is 0 Å². The highest BCUT2D eigenvalue weighted by Crippen LogP contribution is 2.40. The zero-order chi connectivity index (χ0) is 13.9. The van der Waals surface area contributed by atoms with Gasteiger partial charge in [-0.05, 0) is 49.4 Å². The minimum absolute atomic E-state index is 0.103. The van der Waals surface area contributed by atoms with Gasteiger partial charge in [0.05, 0.1) is 0 Å². The Morgan fingerprint density at radius 3 is 2.58 bits per heavy atom. The predicted octanol–water partition coefficient (Wildman–Crippen LogP) is 4.69. The SMILES string of the molecule is CNC(Cc1ccc(Br)cc1F)C1(C)CCCCC1. The van der Waals surface area contributed by atoms with Crippen molar-refractivity contribution < 1.29 is 4.39 Å². The van der Waals surface area contributed by atoms with E-state index in [2.05, 4.69) is 28.2 Å². The lowest BCUT2D eigenvalue weighted by atomic mass is 9.69. The first kappa shape index (κ1) is 15.0. The summed E-state index contributed by atoms with van der Waals surface area (Å²) < 4.78 is 14.8. The van der Waals surface area contributed by atoms with E-state index in [1.165, 1.54) is 32.1 Å². The third-order valence-corrected chi connectivity index (χ3v) is 5.12. The van der Waals surface area contributed by atoms with Gasteiger partial charge in [0.1, 0.15) is 5.82 Å². The monoisotopic (exact) mass is 327 g/mol. The largest absolute Gasteiger partial charge is 0.316 e. The first-order chi connectivity index (χ1) is 9.05. The molecule has 1 atom stereocenters. The number of hydrogen-bond acceptors (Lipinski definition) is 1. The van der Waals surface area contributed by atoms with Crippen molar-refractivity contribution in [3.05, 3.63) is 34.1 Å². The summed E-state index contributed by atoms with van der Waals surface area (Å²) in [6.45, 7) is 2.35. The minimum Gasteiger partial charge on any atom is -0.316 e. The molecule has 1 aliphatic carbocycles. The van der Waals surface area contributed by atoms with Crippen LogP contribution in [0.5, 0.6) is 0 Å². The van der Waals surface area contributed by atoms with Crippen molar-refractivity contribution in [1.82, 2.24) is 5.32 Å². The van der Waals surface area contributed by atoms with Crippen LogP contribution >= 0.6 is 15.9 Å². The molecule has 1 fully saturated rings. The summed E-state index contributed by atoms with van der Waals surface area (Å²) in [7, 11) is 2.00. The Morgan fingerprint density at radius 1 is 1.32 bits per heavy atom. The van der Waals surface area contributed by atoms with Crippen LogP contribution in [-0.2, 0) is 6.42 Å². The molecule has 3 heteroatoms. The zero-order valence-corrected chi connectivity index (χ0v) is 13.4. The molecule has 1 nitrogen and oxygen atoms in total. The molecule has 0 aliphatic heterocycles. The highest BCUT2D eigenvalue weighted by Gasteiger charge is 2.34. The summed E-state index contributed by atoms with van der Waals surface area (Å²) in [6.07, 6.45) is 7.22. The number of likely N-dealkylation sites (N-methyl/N-ethyl adjacent to an activating group) is 1. The number of nitrogens with one attached hydrogen (secondary N) is 1. The van der Waals surface area contributed by atoms with Crippen LogP contribution < -0.4 is 5.32 Å². The van der Waals surface area contributed by atoms with Crippen molar-refractivity contribution in [2.75, 3.05) is 7.05 Å². The average Bonchev–Trinajstić information content (AvgIpc) is 2.38. The fraction of sp³-hybridized carbons (Fsp3) is 0.625. The number of rotatable bonds is 4. The molecule has 1 aliphatic rings. The standard InChI is InChI=1S/C16H23BrFN/c1-16(8-4-3-5-9-16)15(19-2)10-12-6-7-13(17)11-14(12)18/h6-7,11,15,19H,3-5,8-10H2,1-2H3. The van der Waals surface area contributed by atoms with Gasteiger partial charge in [0.25, 0.3) is 0 Å². The number of benzene rings is 1. The molecule has 19 heavy (non-hydrogen) atoms. The van der Waals surface area contributed by atoms with E-state index in [4.69, 9.17) is 0 Å². The van der Waals surface area contributed by atoms with Gasteiger partial charge in [0.15, 0.2) is 0 Å². The van der Waals surface area contributed by atoms with Crippen molar-refractivity contribution in [3.63, 3.8) is 0 Å². The van der Waals surface area contributed by atoms with Crippen LogP contribution in [0.1, 0.15) is 44.6 Å². The second kappa shape index (κ2) is 6.36. The van der Waals surface area contributed by atoms with E-state index < -0.39 is 0 Å². The molecule has 0 radical (unpaired) electrons. The lowest BCUT2D eigenvalue weighted by Gasteiger charge is -2.41. The van der Waals surface area contributed by atoms with E-state index in [0.29, 0.717) is 11.5 Å². The normalized spacial score (nSPS) is 20.2. The molecule has 0 heterocycles. The van der Waals surface area contributed by atoms with E-state index >= 15 is 0 Å². The second-order valence-corrected chi connectivity index (χ2v) is 6.91. The maximum Gasteiger partial charge on any atom is 0.127 e. The average molecular weight is 328 g/mol. The van der Waals surface area contributed by atoms with Crippen molar-refractivity contribution in [2.24, 2.45) is 5.41 Å². The van der Waals surface area contributed by atoms with E-state index in [-0.39, 0.29) is 5.82 Å². The Hall–Kier alpha value is -0.410. The van der Waals surface area contributed by atoms with Crippen LogP contribution in [0.3, 0.4) is 0 Å². The van der Waals surface area contributed by atoms with Gasteiger partial charge in [0, 0.05) is 10.5 Å². The molecule has 0 aromatic heterocycles. The fourth-order valence-corrected chi connectivity index (χ4v) is 3.65. The Kier molecular flexibility index (Phi) is 5.02. The predicted molar refractivity (Wildman–Crippen MR) is 81.8 cm³/mol. The van der Waals surface area contributed by atoms with E-state index in [1.54, 1.807) is 6.07 Å². The summed E-state index contributed by atoms with van der Waals surface area (Å²) in [5.41, 5.74) is 1.11. The highest BCUT2D eigenvalue weighted by atomic mass is 79.9. The maximum atomic E-state index is 14.0. The summed E-state index contributed by atoms with van der Waals surface area (Å²) in [5.74, 6) is -0.103. The second-order valence-electron chi connectivity index (χ2n) is 6.00. The minimum atomic E-state index is -0.103. The molecule has 0 bridgehead atoms. The van der Waals surface area contributed by atoms with Gasteiger partial charge in [0.2, 0.25) is 0 Å². The molecule has 0 spiro atoms. The van der Waals surface area contributed by atoms with E-state index in [1.807, 2.05) is 19.2 Å². The first-order valence-electron chi connectivity index (χ1n) is 7.16. The van der Waals surface area contributed by atoms with E-state index in [9.17, 15) is 4.39 Å². The Labute approximate surface area is 124 Å². The Bertz CT molecular complexity index is 427. The summed E-state index contributed by atoms with van der Waals surface area (Å²) >= 11 is 3.31. The maximum absolute atomic E-state index is 14.0.